The summed E-state index contributed by atoms with van der Waals surface area (Å²) in [5.41, 5.74) is -0.355. The van der Waals surface area contributed by atoms with Crippen LogP contribution >= 0.6 is 0 Å². The normalized spacial score (nSPS) is 22.9. The van der Waals surface area contributed by atoms with Gasteiger partial charge in [0.1, 0.15) is 5.69 Å². The van der Waals surface area contributed by atoms with Crippen LogP contribution in [0.5, 0.6) is 0 Å². The van der Waals surface area contributed by atoms with E-state index in [0.717, 1.165) is 5.69 Å². The number of carbonyl (C=O) groups excluding carboxylic acids is 2. The quantitative estimate of drug-likeness (QED) is 0.882. The Morgan fingerprint density at radius 3 is 2.82 bits per heavy atom. The first-order chi connectivity index (χ1) is 10.4. The van der Waals surface area contributed by atoms with E-state index in [2.05, 4.69) is 15.5 Å². The summed E-state index contributed by atoms with van der Waals surface area (Å²) in [4.78, 5) is 25.7. The van der Waals surface area contributed by atoms with Gasteiger partial charge < -0.3 is 10.2 Å². The Labute approximate surface area is 128 Å². The van der Waals surface area contributed by atoms with Gasteiger partial charge in [-0.2, -0.15) is 5.10 Å². The van der Waals surface area contributed by atoms with Crippen LogP contribution in [0.4, 0.5) is 4.39 Å². The number of aromatic nitrogens is 2. The van der Waals surface area contributed by atoms with Gasteiger partial charge in [0.25, 0.3) is 11.8 Å². The molecule has 120 valence electrons. The summed E-state index contributed by atoms with van der Waals surface area (Å²) in [6.45, 7) is 5.00. The predicted octanol–water partition coefficient (Wildman–Crippen LogP) is 1.37. The van der Waals surface area contributed by atoms with Gasteiger partial charge in [0.05, 0.1) is 0 Å². The maximum atomic E-state index is 13.6. The van der Waals surface area contributed by atoms with Crippen molar-refractivity contribution in [3.05, 3.63) is 17.5 Å². The number of amides is 2. The van der Waals surface area contributed by atoms with Crippen LogP contribution in [0.25, 0.3) is 0 Å². The molecule has 2 aliphatic rings. The van der Waals surface area contributed by atoms with E-state index in [1.54, 1.807) is 11.0 Å². The highest BCUT2D eigenvalue weighted by molar-refractivity contribution is 5.93. The first kappa shape index (κ1) is 15.0. The predicted molar refractivity (Wildman–Crippen MR) is 78.2 cm³/mol. The molecule has 1 saturated carbocycles. The van der Waals surface area contributed by atoms with Crippen molar-refractivity contribution in [2.75, 3.05) is 13.1 Å². The summed E-state index contributed by atoms with van der Waals surface area (Å²) in [6, 6.07) is 1.59. The molecule has 1 atom stereocenters. The lowest BCUT2D eigenvalue weighted by Crippen LogP contribution is -2.43. The second-order valence-corrected chi connectivity index (χ2v) is 6.54. The van der Waals surface area contributed by atoms with Crippen molar-refractivity contribution >= 4 is 11.8 Å². The van der Waals surface area contributed by atoms with E-state index < -0.39 is 11.6 Å². The molecule has 7 heteroatoms. The van der Waals surface area contributed by atoms with Crippen molar-refractivity contribution in [2.45, 2.75) is 50.7 Å². The molecule has 2 heterocycles. The van der Waals surface area contributed by atoms with Crippen LogP contribution in [-0.4, -0.2) is 51.7 Å². The van der Waals surface area contributed by atoms with Crippen LogP contribution < -0.4 is 5.32 Å². The summed E-state index contributed by atoms with van der Waals surface area (Å²) < 4.78 is 13.6. The highest BCUT2D eigenvalue weighted by Gasteiger charge is 2.51. The molecule has 1 aromatic heterocycles. The summed E-state index contributed by atoms with van der Waals surface area (Å²) in [7, 11) is 0. The van der Waals surface area contributed by atoms with E-state index in [0.29, 0.717) is 38.0 Å². The smallest absolute Gasteiger partial charge is 0.274 e. The number of likely N-dealkylation sites (tertiary alicyclic amines) is 1. The second-order valence-electron chi connectivity index (χ2n) is 6.54. The van der Waals surface area contributed by atoms with Crippen molar-refractivity contribution < 1.29 is 14.0 Å². The molecular formula is C15H21FN4O2. The molecule has 1 aliphatic carbocycles. The number of alkyl halides is 1. The van der Waals surface area contributed by atoms with Crippen LogP contribution in [0.1, 0.15) is 55.2 Å². The number of H-pyrrole nitrogens is 1. The Kier molecular flexibility index (Phi) is 3.66. The molecule has 0 bridgehead atoms. The summed E-state index contributed by atoms with van der Waals surface area (Å²) in [5.74, 6) is -0.408. The van der Waals surface area contributed by atoms with Gasteiger partial charge >= 0.3 is 0 Å². The van der Waals surface area contributed by atoms with Gasteiger partial charge in [-0.3, -0.25) is 14.7 Å². The number of hydrogen-bond donors (Lipinski definition) is 2. The maximum Gasteiger partial charge on any atom is 0.274 e. The molecule has 0 radical (unpaired) electrons. The molecule has 22 heavy (non-hydrogen) atoms. The van der Waals surface area contributed by atoms with Gasteiger partial charge in [0, 0.05) is 24.8 Å². The average molecular weight is 308 g/mol. The minimum atomic E-state index is -1.66. The topological polar surface area (TPSA) is 78.1 Å². The molecule has 1 aliphatic heterocycles. The minimum Gasteiger partial charge on any atom is -0.349 e. The second kappa shape index (κ2) is 5.37. The Hall–Kier alpha value is -1.92. The molecule has 6 nitrogen and oxygen atoms in total. The molecule has 3 rings (SSSR count). The maximum absolute atomic E-state index is 13.6. The fourth-order valence-electron chi connectivity index (χ4n) is 2.62. The van der Waals surface area contributed by atoms with Crippen LogP contribution in [0.2, 0.25) is 0 Å². The third-order valence-electron chi connectivity index (χ3n) is 4.35. The molecule has 2 N–H and O–H groups in total. The Bertz CT molecular complexity index is 594. The molecule has 1 unspecified atom stereocenters. The lowest BCUT2D eigenvalue weighted by molar-refractivity contribution is -0.128. The van der Waals surface area contributed by atoms with Crippen molar-refractivity contribution in [3.63, 3.8) is 0 Å². The van der Waals surface area contributed by atoms with E-state index in [9.17, 15) is 14.0 Å². The fourth-order valence-corrected chi connectivity index (χ4v) is 2.62. The van der Waals surface area contributed by atoms with E-state index in [4.69, 9.17) is 0 Å². The van der Waals surface area contributed by atoms with Crippen molar-refractivity contribution in [1.29, 1.82) is 0 Å². The summed E-state index contributed by atoms with van der Waals surface area (Å²) in [6.07, 6.45) is 1.26. The summed E-state index contributed by atoms with van der Waals surface area (Å²) >= 11 is 0. The van der Waals surface area contributed by atoms with Gasteiger partial charge in [0.15, 0.2) is 5.67 Å². The number of halogens is 1. The van der Waals surface area contributed by atoms with Gasteiger partial charge in [0.2, 0.25) is 0 Å². The molecule has 2 fully saturated rings. The number of carbonyl (C=O) groups is 2. The number of nitrogens with one attached hydrogen (secondary N) is 2. The highest BCUT2D eigenvalue weighted by Crippen LogP contribution is 2.40. The van der Waals surface area contributed by atoms with Crippen LogP contribution in [0, 0.1) is 0 Å². The van der Waals surface area contributed by atoms with Crippen LogP contribution in [-0.2, 0) is 4.79 Å². The van der Waals surface area contributed by atoms with Gasteiger partial charge in [-0.1, -0.05) is 13.8 Å². The first-order valence-corrected chi connectivity index (χ1v) is 7.73. The monoisotopic (exact) mass is 308 g/mol. The third kappa shape index (κ3) is 2.84. The van der Waals surface area contributed by atoms with E-state index in [-0.39, 0.29) is 17.9 Å². The molecule has 1 saturated heterocycles. The van der Waals surface area contributed by atoms with Crippen LogP contribution in [0.3, 0.4) is 0 Å². The van der Waals surface area contributed by atoms with Gasteiger partial charge in [-0.15, -0.1) is 0 Å². The molecule has 0 spiro atoms. The van der Waals surface area contributed by atoms with Crippen molar-refractivity contribution in [1.82, 2.24) is 20.4 Å². The van der Waals surface area contributed by atoms with E-state index >= 15 is 0 Å². The van der Waals surface area contributed by atoms with Crippen molar-refractivity contribution in [3.8, 4) is 0 Å². The lowest BCUT2D eigenvalue weighted by Gasteiger charge is -2.16. The van der Waals surface area contributed by atoms with Crippen molar-refractivity contribution in [2.24, 2.45) is 0 Å². The standard InChI is InChI=1S/C15H21FN4O2/c1-9(2)11-7-12(19-18-11)13(21)20-6-3-10(8-20)17-14(22)15(16)4-5-15/h7,9-10H,3-6,8H2,1-2H3,(H,17,22)(H,18,19). The third-order valence-corrected chi connectivity index (χ3v) is 4.35. The highest BCUT2D eigenvalue weighted by atomic mass is 19.1. The Morgan fingerprint density at radius 2 is 2.23 bits per heavy atom. The Balaban J connectivity index is 1.57. The first-order valence-electron chi connectivity index (χ1n) is 7.73. The largest absolute Gasteiger partial charge is 0.349 e. The number of aromatic amines is 1. The Morgan fingerprint density at radius 1 is 1.50 bits per heavy atom. The number of nitrogens with zero attached hydrogens (tertiary/aromatic N) is 2. The lowest BCUT2D eigenvalue weighted by atomic mass is 10.1. The molecule has 0 aromatic carbocycles. The zero-order chi connectivity index (χ0) is 15.9. The minimum absolute atomic E-state index is 0.152. The summed E-state index contributed by atoms with van der Waals surface area (Å²) in [5, 5.41) is 9.62. The number of hydrogen-bond acceptors (Lipinski definition) is 3. The SMILES string of the molecule is CC(C)c1cc(C(=O)N2CCC(NC(=O)C3(F)CC3)C2)n[nH]1. The fraction of sp³-hybridized carbons (Fsp3) is 0.667. The average Bonchev–Trinajstić information content (AvgIpc) is 2.95. The van der Waals surface area contributed by atoms with E-state index in [1.165, 1.54) is 0 Å². The van der Waals surface area contributed by atoms with Gasteiger partial charge in [-0.05, 0) is 31.2 Å². The van der Waals surface area contributed by atoms with Gasteiger partial charge in [-0.25, -0.2) is 4.39 Å². The zero-order valence-corrected chi connectivity index (χ0v) is 12.9. The van der Waals surface area contributed by atoms with Crippen LogP contribution in [0.15, 0.2) is 6.07 Å². The zero-order valence-electron chi connectivity index (χ0n) is 12.9. The molecular weight excluding hydrogens is 287 g/mol. The molecule has 2 amide bonds. The number of rotatable bonds is 4. The molecule has 1 aromatic rings. The van der Waals surface area contributed by atoms with E-state index in [1.807, 2.05) is 13.8 Å².